The highest BCUT2D eigenvalue weighted by Gasteiger charge is 2.29. The second-order valence-electron chi connectivity index (χ2n) is 4.28. The van der Waals surface area contributed by atoms with Crippen molar-refractivity contribution in [1.82, 2.24) is 4.90 Å². The Morgan fingerprint density at radius 2 is 2.31 bits per heavy atom. The maximum absolute atomic E-state index is 11.4. The molecule has 0 saturated carbocycles. The standard InChI is InChI=1S/C11H20N2O3/c1-4-16-11(14)7-13-6-8(2)10(12-15)5-9(13)3/h8-9,15H,4-7H2,1-3H3/b12-10-/t8-,9-/m0/s1. The van der Waals surface area contributed by atoms with Gasteiger partial charge in [-0.3, -0.25) is 9.69 Å². The van der Waals surface area contributed by atoms with Gasteiger partial charge in [-0.05, 0) is 13.8 Å². The molecule has 0 radical (unpaired) electrons. The minimum Gasteiger partial charge on any atom is -0.465 e. The van der Waals surface area contributed by atoms with E-state index in [1.807, 2.05) is 13.8 Å². The molecule has 0 unspecified atom stereocenters. The number of nitrogens with zero attached hydrogens (tertiary/aromatic N) is 2. The molecule has 2 atom stereocenters. The van der Waals surface area contributed by atoms with Crippen molar-refractivity contribution in [1.29, 1.82) is 0 Å². The lowest BCUT2D eigenvalue weighted by Gasteiger charge is -2.36. The first-order chi connectivity index (χ1) is 7.58. The second-order valence-corrected chi connectivity index (χ2v) is 4.28. The summed E-state index contributed by atoms with van der Waals surface area (Å²) in [6, 6.07) is 0.214. The van der Waals surface area contributed by atoms with Gasteiger partial charge in [0.2, 0.25) is 0 Å². The monoisotopic (exact) mass is 228 g/mol. The largest absolute Gasteiger partial charge is 0.465 e. The summed E-state index contributed by atoms with van der Waals surface area (Å²) in [5.41, 5.74) is 0.813. The lowest BCUT2D eigenvalue weighted by atomic mass is 9.93. The highest BCUT2D eigenvalue weighted by Crippen LogP contribution is 2.19. The second kappa shape index (κ2) is 5.84. The molecule has 1 N–H and O–H groups in total. The average molecular weight is 228 g/mol. The number of ether oxygens (including phenoxy) is 1. The number of carbonyl (C=O) groups excluding carboxylic acids is 1. The van der Waals surface area contributed by atoms with E-state index in [2.05, 4.69) is 10.1 Å². The molecule has 5 heteroatoms. The minimum absolute atomic E-state index is 0.189. The topological polar surface area (TPSA) is 62.1 Å². The van der Waals surface area contributed by atoms with Crippen LogP contribution in [0.3, 0.4) is 0 Å². The van der Waals surface area contributed by atoms with Gasteiger partial charge in [-0.15, -0.1) is 0 Å². The van der Waals surface area contributed by atoms with Crippen LogP contribution in [-0.2, 0) is 9.53 Å². The van der Waals surface area contributed by atoms with Crippen molar-refractivity contribution in [3.05, 3.63) is 0 Å². The SMILES string of the molecule is CCOC(=O)CN1C[C@H](C)/C(=N\O)C[C@@H]1C. The molecule has 0 aromatic carbocycles. The van der Waals surface area contributed by atoms with Crippen molar-refractivity contribution < 1.29 is 14.7 Å². The Bertz CT molecular complexity index is 278. The van der Waals surface area contributed by atoms with Crippen LogP contribution in [0.25, 0.3) is 0 Å². The quantitative estimate of drug-likeness (QED) is 0.446. The van der Waals surface area contributed by atoms with Gasteiger partial charge in [0, 0.05) is 24.9 Å². The molecular weight excluding hydrogens is 208 g/mol. The molecule has 1 aliphatic rings. The summed E-state index contributed by atoms with van der Waals surface area (Å²) in [6.07, 6.45) is 0.705. The Kier molecular flexibility index (Phi) is 4.73. The predicted octanol–water partition coefficient (Wildman–Crippen LogP) is 1.11. The summed E-state index contributed by atoms with van der Waals surface area (Å²) in [4.78, 5) is 13.4. The Hall–Kier alpha value is -1.10. The fourth-order valence-electron chi connectivity index (χ4n) is 2.00. The molecule has 1 fully saturated rings. The molecule has 0 amide bonds. The van der Waals surface area contributed by atoms with Crippen LogP contribution in [0.15, 0.2) is 5.16 Å². The molecule has 1 heterocycles. The van der Waals surface area contributed by atoms with Crippen LogP contribution >= 0.6 is 0 Å². The summed E-state index contributed by atoms with van der Waals surface area (Å²) in [6.45, 7) is 7.30. The zero-order valence-electron chi connectivity index (χ0n) is 10.1. The fourth-order valence-corrected chi connectivity index (χ4v) is 2.00. The number of carbonyl (C=O) groups is 1. The lowest BCUT2D eigenvalue weighted by Crippen LogP contribution is -2.47. The van der Waals surface area contributed by atoms with Crippen molar-refractivity contribution in [3.63, 3.8) is 0 Å². The van der Waals surface area contributed by atoms with Crippen LogP contribution in [0.2, 0.25) is 0 Å². The number of esters is 1. The van der Waals surface area contributed by atoms with Crippen molar-refractivity contribution in [2.75, 3.05) is 19.7 Å². The zero-order valence-corrected chi connectivity index (χ0v) is 10.1. The summed E-state index contributed by atoms with van der Waals surface area (Å²) < 4.78 is 4.92. The van der Waals surface area contributed by atoms with Gasteiger partial charge in [-0.25, -0.2) is 0 Å². The number of likely N-dealkylation sites (tertiary alicyclic amines) is 1. The van der Waals surface area contributed by atoms with E-state index in [0.717, 1.165) is 12.3 Å². The van der Waals surface area contributed by atoms with Gasteiger partial charge in [-0.2, -0.15) is 0 Å². The third kappa shape index (κ3) is 3.20. The van der Waals surface area contributed by atoms with E-state index < -0.39 is 0 Å². The van der Waals surface area contributed by atoms with Crippen molar-refractivity contribution in [2.24, 2.45) is 11.1 Å². The minimum atomic E-state index is -0.189. The molecule has 0 aliphatic carbocycles. The van der Waals surface area contributed by atoms with Crippen LogP contribution in [0, 0.1) is 5.92 Å². The van der Waals surface area contributed by atoms with Crippen LogP contribution in [-0.4, -0.2) is 47.5 Å². The Balaban J connectivity index is 2.53. The lowest BCUT2D eigenvalue weighted by molar-refractivity contribution is -0.145. The maximum atomic E-state index is 11.4. The van der Waals surface area contributed by atoms with E-state index in [4.69, 9.17) is 9.94 Å². The van der Waals surface area contributed by atoms with Crippen molar-refractivity contribution >= 4 is 11.7 Å². The Morgan fingerprint density at radius 1 is 1.62 bits per heavy atom. The highest BCUT2D eigenvalue weighted by atomic mass is 16.5. The zero-order chi connectivity index (χ0) is 12.1. The predicted molar refractivity (Wildman–Crippen MR) is 60.7 cm³/mol. The van der Waals surface area contributed by atoms with Crippen molar-refractivity contribution in [3.8, 4) is 0 Å². The molecule has 1 saturated heterocycles. The Labute approximate surface area is 96.1 Å². The average Bonchev–Trinajstić information content (AvgIpc) is 2.23. The number of piperidine rings is 1. The number of hydrogen-bond acceptors (Lipinski definition) is 5. The molecule has 16 heavy (non-hydrogen) atoms. The normalized spacial score (nSPS) is 29.3. The first-order valence-corrected chi connectivity index (χ1v) is 5.69. The third-order valence-corrected chi connectivity index (χ3v) is 2.97. The summed E-state index contributed by atoms with van der Waals surface area (Å²) >= 11 is 0. The summed E-state index contributed by atoms with van der Waals surface area (Å²) in [5, 5.41) is 12.1. The highest BCUT2D eigenvalue weighted by molar-refractivity contribution is 5.87. The molecular formula is C11H20N2O3. The molecule has 0 aromatic rings. The van der Waals surface area contributed by atoms with E-state index in [9.17, 15) is 4.79 Å². The summed E-state index contributed by atoms with van der Waals surface area (Å²) in [7, 11) is 0. The van der Waals surface area contributed by atoms with E-state index in [1.165, 1.54) is 0 Å². The maximum Gasteiger partial charge on any atom is 0.320 e. The van der Waals surface area contributed by atoms with Gasteiger partial charge in [0.15, 0.2) is 0 Å². The number of oxime groups is 1. The van der Waals surface area contributed by atoms with Gasteiger partial charge in [0.05, 0.1) is 18.9 Å². The van der Waals surface area contributed by atoms with Crippen LogP contribution < -0.4 is 0 Å². The van der Waals surface area contributed by atoms with E-state index in [-0.39, 0.29) is 17.9 Å². The van der Waals surface area contributed by atoms with Gasteiger partial charge in [-0.1, -0.05) is 12.1 Å². The van der Waals surface area contributed by atoms with Gasteiger partial charge in [0.25, 0.3) is 0 Å². The van der Waals surface area contributed by atoms with Gasteiger partial charge < -0.3 is 9.94 Å². The van der Waals surface area contributed by atoms with E-state index >= 15 is 0 Å². The molecule has 1 aliphatic heterocycles. The van der Waals surface area contributed by atoms with Gasteiger partial charge >= 0.3 is 5.97 Å². The fraction of sp³-hybridized carbons (Fsp3) is 0.818. The van der Waals surface area contributed by atoms with E-state index in [1.54, 1.807) is 6.92 Å². The number of hydrogen-bond donors (Lipinski definition) is 1. The van der Waals surface area contributed by atoms with Gasteiger partial charge in [0.1, 0.15) is 0 Å². The molecule has 0 aromatic heterocycles. The third-order valence-electron chi connectivity index (χ3n) is 2.97. The molecule has 0 spiro atoms. The first-order valence-electron chi connectivity index (χ1n) is 5.69. The Morgan fingerprint density at radius 3 is 2.88 bits per heavy atom. The van der Waals surface area contributed by atoms with Crippen molar-refractivity contribution in [2.45, 2.75) is 33.2 Å². The number of rotatable bonds is 3. The molecule has 92 valence electrons. The summed E-state index contributed by atoms with van der Waals surface area (Å²) in [5.74, 6) is 0.00145. The molecule has 1 rings (SSSR count). The molecule has 5 nitrogen and oxygen atoms in total. The van der Waals surface area contributed by atoms with Crippen LogP contribution in [0.1, 0.15) is 27.2 Å². The molecule has 0 bridgehead atoms. The van der Waals surface area contributed by atoms with Crippen LogP contribution in [0.4, 0.5) is 0 Å². The smallest absolute Gasteiger partial charge is 0.320 e. The van der Waals surface area contributed by atoms with Crippen LogP contribution in [0.5, 0.6) is 0 Å². The van der Waals surface area contributed by atoms with E-state index in [0.29, 0.717) is 19.6 Å². The first kappa shape index (κ1) is 13.0.